The number of nitrogens with two attached hydrogens (primary N) is 1. The summed E-state index contributed by atoms with van der Waals surface area (Å²) in [4.78, 5) is 31.9. The van der Waals surface area contributed by atoms with Crippen LogP contribution in [0.1, 0.15) is 32.9 Å². The quantitative estimate of drug-likeness (QED) is 0.410. The number of nitrogens with zero attached hydrogens (tertiary/aromatic N) is 2. The molecule has 0 bridgehead atoms. The summed E-state index contributed by atoms with van der Waals surface area (Å²) in [5.74, 6) is -1.80. The van der Waals surface area contributed by atoms with Gasteiger partial charge in [-0.05, 0) is 23.8 Å². The highest BCUT2D eigenvalue weighted by atomic mass is 19.4. The Hall–Kier alpha value is -3.96. The van der Waals surface area contributed by atoms with E-state index in [1.165, 1.54) is 0 Å². The molecule has 0 saturated heterocycles. The zero-order valence-corrected chi connectivity index (χ0v) is 17.1. The number of hydrogen-bond acceptors (Lipinski definition) is 5. The first kappa shape index (κ1) is 24.7. The molecule has 0 fully saturated rings. The molecule has 0 atom stereocenters. The normalized spacial score (nSPS) is 11.8. The molecule has 1 amide bonds. The minimum atomic E-state index is -5.04. The maximum absolute atomic E-state index is 13.0. The molecule has 0 unspecified atom stereocenters. The van der Waals surface area contributed by atoms with Crippen molar-refractivity contribution >= 4 is 11.9 Å². The van der Waals surface area contributed by atoms with Gasteiger partial charge in [-0.15, -0.1) is 0 Å². The van der Waals surface area contributed by atoms with Gasteiger partial charge in [-0.3, -0.25) is 4.79 Å². The van der Waals surface area contributed by atoms with E-state index in [9.17, 15) is 35.9 Å². The molecule has 0 saturated carbocycles. The number of primary amides is 1. The van der Waals surface area contributed by atoms with Gasteiger partial charge in [-0.25, -0.2) is 14.8 Å². The summed E-state index contributed by atoms with van der Waals surface area (Å²) in [6.45, 7) is -0.872. The molecule has 0 radical (unpaired) electrons. The van der Waals surface area contributed by atoms with E-state index < -0.39 is 47.5 Å². The smallest absolute Gasteiger partial charge is 0.416 e. The lowest BCUT2D eigenvalue weighted by Gasteiger charge is -2.15. The van der Waals surface area contributed by atoms with Crippen LogP contribution in [-0.2, 0) is 34.9 Å². The summed E-state index contributed by atoms with van der Waals surface area (Å²) in [7, 11) is 0. The van der Waals surface area contributed by atoms with Crippen molar-refractivity contribution in [1.29, 1.82) is 0 Å². The molecule has 3 aromatic rings. The van der Waals surface area contributed by atoms with Crippen LogP contribution in [0.5, 0.6) is 0 Å². The minimum Gasteiger partial charge on any atom is -0.457 e. The Morgan fingerprint density at radius 2 is 1.50 bits per heavy atom. The maximum atomic E-state index is 13.0. The van der Waals surface area contributed by atoms with Crippen molar-refractivity contribution in [3.8, 4) is 11.3 Å². The number of carbonyl (C=O) groups excluding carboxylic acids is 2. The zero-order chi connectivity index (χ0) is 25.1. The van der Waals surface area contributed by atoms with E-state index in [-0.39, 0.29) is 29.6 Å². The fourth-order valence-electron chi connectivity index (χ4n) is 2.95. The van der Waals surface area contributed by atoms with Gasteiger partial charge in [-0.2, -0.15) is 26.3 Å². The first-order chi connectivity index (χ1) is 15.8. The topological polar surface area (TPSA) is 95.2 Å². The Bertz CT molecular complexity index is 1180. The second-order valence-corrected chi connectivity index (χ2v) is 7.05. The molecular formula is C22H15F6N3O3. The molecule has 178 valence electrons. The van der Waals surface area contributed by atoms with Crippen molar-refractivity contribution in [2.75, 3.05) is 0 Å². The first-order valence-corrected chi connectivity index (χ1v) is 9.49. The Morgan fingerprint density at radius 3 is 2.03 bits per heavy atom. The number of amides is 1. The Balaban J connectivity index is 1.92. The third-order valence-corrected chi connectivity index (χ3v) is 4.46. The predicted molar refractivity (Wildman–Crippen MR) is 106 cm³/mol. The van der Waals surface area contributed by atoms with Crippen LogP contribution in [0.4, 0.5) is 26.3 Å². The van der Waals surface area contributed by atoms with Crippen LogP contribution in [0.25, 0.3) is 11.3 Å². The third kappa shape index (κ3) is 6.09. The van der Waals surface area contributed by atoms with Crippen molar-refractivity contribution in [2.24, 2.45) is 5.73 Å². The number of rotatable bonds is 6. The van der Waals surface area contributed by atoms with Gasteiger partial charge in [-0.1, -0.05) is 30.3 Å². The van der Waals surface area contributed by atoms with Crippen LogP contribution in [0, 0.1) is 0 Å². The number of aromatic nitrogens is 2. The third-order valence-electron chi connectivity index (χ3n) is 4.46. The van der Waals surface area contributed by atoms with Crippen molar-refractivity contribution in [3.05, 3.63) is 82.8 Å². The molecule has 12 heteroatoms. The van der Waals surface area contributed by atoms with Crippen molar-refractivity contribution < 1.29 is 40.7 Å². The Morgan fingerprint density at radius 1 is 0.912 bits per heavy atom. The fraction of sp³-hybridized carbons (Fsp3) is 0.182. The lowest BCUT2D eigenvalue weighted by molar-refractivity contribution is -0.143. The molecule has 0 spiro atoms. The van der Waals surface area contributed by atoms with Crippen molar-refractivity contribution in [2.45, 2.75) is 25.4 Å². The molecule has 6 nitrogen and oxygen atoms in total. The first-order valence-electron chi connectivity index (χ1n) is 9.49. The van der Waals surface area contributed by atoms with E-state index >= 15 is 0 Å². The Labute approximate surface area is 188 Å². The number of halogens is 6. The lowest BCUT2D eigenvalue weighted by atomic mass is 10.0. The van der Waals surface area contributed by atoms with Gasteiger partial charge in [0, 0.05) is 11.8 Å². The summed E-state index contributed by atoms with van der Waals surface area (Å²) in [6, 6.07) is 9.07. The van der Waals surface area contributed by atoms with E-state index in [1.807, 2.05) is 0 Å². The second kappa shape index (κ2) is 9.49. The standard InChI is InChI=1S/C22H15F6N3O3/c23-21(24,25)14-6-12(7-15(8-14)22(26,27)28)11-34-20(33)16-10-30-18(9-17(29)32)31-19(16)13-4-2-1-3-5-13/h1-8,10H,9,11H2,(H2,29,32). The highest BCUT2D eigenvalue weighted by Crippen LogP contribution is 2.36. The number of carbonyl (C=O) groups is 2. The number of benzene rings is 2. The van der Waals surface area contributed by atoms with Gasteiger partial charge in [0.1, 0.15) is 18.0 Å². The molecule has 3 rings (SSSR count). The summed E-state index contributed by atoms with van der Waals surface area (Å²) < 4.78 is 83.3. The zero-order valence-electron chi connectivity index (χ0n) is 17.1. The molecule has 0 aliphatic rings. The van der Waals surface area contributed by atoms with E-state index in [2.05, 4.69) is 9.97 Å². The summed E-state index contributed by atoms with van der Waals surface area (Å²) >= 11 is 0. The highest BCUT2D eigenvalue weighted by molar-refractivity contribution is 5.95. The van der Waals surface area contributed by atoms with E-state index in [4.69, 9.17) is 10.5 Å². The lowest BCUT2D eigenvalue weighted by Crippen LogP contribution is -2.17. The minimum absolute atomic E-state index is 0.00982. The predicted octanol–water partition coefficient (Wildman–Crippen LogP) is 4.57. The molecular weight excluding hydrogens is 468 g/mol. The van der Waals surface area contributed by atoms with E-state index in [1.54, 1.807) is 30.3 Å². The number of alkyl halides is 6. The SMILES string of the molecule is NC(=O)Cc1ncc(C(=O)OCc2cc(C(F)(F)F)cc(C(F)(F)F)c2)c(-c2ccccc2)n1. The van der Waals surface area contributed by atoms with Gasteiger partial charge in [0.2, 0.25) is 5.91 Å². The van der Waals surface area contributed by atoms with Crippen LogP contribution >= 0.6 is 0 Å². The fourth-order valence-corrected chi connectivity index (χ4v) is 2.95. The average Bonchev–Trinajstić information content (AvgIpc) is 2.76. The number of hydrogen-bond donors (Lipinski definition) is 1. The van der Waals surface area contributed by atoms with Crippen LogP contribution < -0.4 is 5.73 Å². The highest BCUT2D eigenvalue weighted by Gasteiger charge is 2.37. The Kier molecular flexibility index (Phi) is 6.89. The molecule has 0 aliphatic carbocycles. The van der Waals surface area contributed by atoms with Gasteiger partial charge in [0.15, 0.2) is 0 Å². The molecule has 2 aromatic carbocycles. The van der Waals surface area contributed by atoms with Crippen molar-refractivity contribution in [3.63, 3.8) is 0 Å². The van der Waals surface area contributed by atoms with Gasteiger partial charge in [0.25, 0.3) is 0 Å². The van der Waals surface area contributed by atoms with Crippen molar-refractivity contribution in [1.82, 2.24) is 9.97 Å². The monoisotopic (exact) mass is 483 g/mol. The van der Waals surface area contributed by atoms with Gasteiger partial charge >= 0.3 is 18.3 Å². The average molecular weight is 483 g/mol. The molecule has 2 N–H and O–H groups in total. The van der Waals surface area contributed by atoms with Crippen LogP contribution in [-0.4, -0.2) is 21.8 Å². The van der Waals surface area contributed by atoms with Gasteiger partial charge < -0.3 is 10.5 Å². The van der Waals surface area contributed by atoms with E-state index in [0.717, 1.165) is 6.20 Å². The largest absolute Gasteiger partial charge is 0.457 e. The molecule has 34 heavy (non-hydrogen) atoms. The number of ether oxygens (including phenoxy) is 1. The van der Waals surface area contributed by atoms with Crippen LogP contribution in [0.3, 0.4) is 0 Å². The summed E-state index contributed by atoms with van der Waals surface area (Å²) in [6.07, 6.45) is -9.35. The van der Waals surface area contributed by atoms with E-state index in [0.29, 0.717) is 17.7 Å². The number of esters is 1. The van der Waals surface area contributed by atoms with Crippen LogP contribution in [0.15, 0.2) is 54.7 Å². The van der Waals surface area contributed by atoms with Crippen LogP contribution in [0.2, 0.25) is 0 Å². The molecule has 1 aromatic heterocycles. The molecule has 0 aliphatic heterocycles. The summed E-state index contributed by atoms with van der Waals surface area (Å²) in [5.41, 5.74) is 1.84. The maximum Gasteiger partial charge on any atom is 0.416 e. The second-order valence-electron chi connectivity index (χ2n) is 7.05. The van der Waals surface area contributed by atoms with Gasteiger partial charge in [0.05, 0.1) is 23.2 Å². The summed E-state index contributed by atoms with van der Waals surface area (Å²) in [5, 5.41) is 0. The molecule has 1 heterocycles.